The molecular formula is C14H29N3O. The van der Waals surface area contributed by atoms with Crippen LogP contribution in [-0.4, -0.2) is 43.0 Å². The summed E-state index contributed by atoms with van der Waals surface area (Å²) in [6.07, 6.45) is 6.04. The van der Waals surface area contributed by atoms with Gasteiger partial charge in [-0.25, -0.2) is 0 Å². The van der Waals surface area contributed by atoms with Gasteiger partial charge in [0.1, 0.15) is 0 Å². The number of nitrogens with zero attached hydrogens (tertiary/aromatic N) is 1. The molecule has 1 fully saturated rings. The minimum Gasteiger partial charge on any atom is -0.353 e. The first-order valence-corrected chi connectivity index (χ1v) is 7.35. The van der Waals surface area contributed by atoms with E-state index in [-0.39, 0.29) is 11.9 Å². The quantitative estimate of drug-likeness (QED) is 0.753. The van der Waals surface area contributed by atoms with Crippen LogP contribution < -0.4 is 11.1 Å². The van der Waals surface area contributed by atoms with E-state index in [1.54, 1.807) is 0 Å². The first-order valence-electron chi connectivity index (χ1n) is 7.35. The molecule has 1 aliphatic rings. The zero-order valence-corrected chi connectivity index (χ0v) is 12.0. The summed E-state index contributed by atoms with van der Waals surface area (Å²) in [5, 5.41) is 2.95. The van der Waals surface area contributed by atoms with Gasteiger partial charge in [-0.05, 0) is 38.3 Å². The van der Waals surface area contributed by atoms with E-state index in [0.29, 0.717) is 5.92 Å². The van der Waals surface area contributed by atoms with Crippen molar-refractivity contribution in [3.8, 4) is 0 Å². The number of rotatable bonds is 6. The molecule has 0 saturated carbocycles. The van der Waals surface area contributed by atoms with Gasteiger partial charge < -0.3 is 16.0 Å². The average molecular weight is 255 g/mol. The highest BCUT2D eigenvalue weighted by atomic mass is 16.2. The van der Waals surface area contributed by atoms with Crippen LogP contribution in [0.5, 0.6) is 0 Å². The molecule has 0 aromatic carbocycles. The number of carbonyl (C=O) groups excluding carboxylic acids is 1. The number of carbonyl (C=O) groups is 1. The summed E-state index contributed by atoms with van der Waals surface area (Å²) < 4.78 is 0. The van der Waals surface area contributed by atoms with E-state index in [0.717, 1.165) is 19.5 Å². The van der Waals surface area contributed by atoms with Crippen LogP contribution in [-0.2, 0) is 4.79 Å². The van der Waals surface area contributed by atoms with E-state index < -0.39 is 0 Å². The standard InChI is InChI=1S/C14H29N3O/c1-12(2)11-13(15)14(18)16-7-10-17-8-5-3-4-6-9-17/h12-13H,3-11,15H2,1-2H3,(H,16,18)/t13-/m0/s1. The van der Waals surface area contributed by atoms with Gasteiger partial charge in [-0.15, -0.1) is 0 Å². The van der Waals surface area contributed by atoms with Crippen molar-refractivity contribution >= 4 is 5.91 Å². The van der Waals surface area contributed by atoms with E-state index in [9.17, 15) is 4.79 Å². The van der Waals surface area contributed by atoms with Gasteiger partial charge in [-0.1, -0.05) is 26.7 Å². The van der Waals surface area contributed by atoms with Crippen molar-refractivity contribution in [2.45, 2.75) is 52.0 Å². The summed E-state index contributed by atoms with van der Waals surface area (Å²) in [5.74, 6) is 0.467. The van der Waals surface area contributed by atoms with E-state index in [2.05, 4.69) is 24.1 Å². The zero-order chi connectivity index (χ0) is 13.4. The van der Waals surface area contributed by atoms with E-state index in [1.165, 1.54) is 38.8 Å². The van der Waals surface area contributed by atoms with Gasteiger partial charge in [0.05, 0.1) is 6.04 Å². The fourth-order valence-electron chi connectivity index (χ4n) is 2.44. The van der Waals surface area contributed by atoms with Crippen molar-refractivity contribution in [1.29, 1.82) is 0 Å². The van der Waals surface area contributed by atoms with Crippen molar-refractivity contribution in [3.05, 3.63) is 0 Å². The van der Waals surface area contributed by atoms with Crippen LogP contribution in [0.2, 0.25) is 0 Å². The van der Waals surface area contributed by atoms with Crippen LogP contribution in [0.3, 0.4) is 0 Å². The Kier molecular flexibility index (Phi) is 7.28. The summed E-state index contributed by atoms with van der Waals surface area (Å²) in [5.41, 5.74) is 5.84. The van der Waals surface area contributed by atoms with Crippen molar-refractivity contribution in [2.75, 3.05) is 26.2 Å². The molecule has 0 radical (unpaired) electrons. The second kappa shape index (κ2) is 8.48. The number of nitrogens with one attached hydrogen (secondary N) is 1. The highest BCUT2D eigenvalue weighted by Crippen LogP contribution is 2.08. The molecular weight excluding hydrogens is 226 g/mol. The number of likely N-dealkylation sites (tertiary alicyclic amines) is 1. The summed E-state index contributed by atoms with van der Waals surface area (Å²) in [6.45, 7) is 8.21. The fraction of sp³-hybridized carbons (Fsp3) is 0.929. The smallest absolute Gasteiger partial charge is 0.236 e. The Labute approximate surface area is 111 Å². The molecule has 1 saturated heterocycles. The molecule has 1 aliphatic heterocycles. The Hall–Kier alpha value is -0.610. The lowest BCUT2D eigenvalue weighted by molar-refractivity contribution is -0.122. The van der Waals surface area contributed by atoms with Crippen LogP contribution >= 0.6 is 0 Å². The average Bonchev–Trinajstić information content (AvgIpc) is 2.56. The third-order valence-corrected chi connectivity index (χ3v) is 3.49. The number of nitrogens with two attached hydrogens (primary N) is 1. The van der Waals surface area contributed by atoms with Crippen LogP contribution in [0.25, 0.3) is 0 Å². The van der Waals surface area contributed by atoms with E-state index in [1.807, 2.05) is 0 Å². The maximum Gasteiger partial charge on any atom is 0.236 e. The molecule has 0 spiro atoms. The molecule has 0 aromatic heterocycles. The number of hydrogen-bond acceptors (Lipinski definition) is 3. The second-order valence-electron chi connectivity index (χ2n) is 5.78. The summed E-state index contributed by atoms with van der Waals surface area (Å²) in [4.78, 5) is 14.2. The minimum atomic E-state index is -0.353. The zero-order valence-electron chi connectivity index (χ0n) is 12.0. The second-order valence-corrected chi connectivity index (χ2v) is 5.78. The van der Waals surface area contributed by atoms with Gasteiger partial charge in [0.2, 0.25) is 5.91 Å². The summed E-state index contributed by atoms with van der Waals surface area (Å²) >= 11 is 0. The highest BCUT2D eigenvalue weighted by Gasteiger charge is 2.15. The normalized spacial score (nSPS) is 19.6. The maximum atomic E-state index is 11.7. The van der Waals surface area contributed by atoms with E-state index in [4.69, 9.17) is 5.73 Å². The predicted molar refractivity (Wildman–Crippen MR) is 75.3 cm³/mol. The maximum absolute atomic E-state index is 11.7. The lowest BCUT2D eigenvalue weighted by Gasteiger charge is -2.20. The molecule has 106 valence electrons. The monoisotopic (exact) mass is 255 g/mol. The Morgan fingerprint density at radius 3 is 2.39 bits per heavy atom. The Morgan fingerprint density at radius 1 is 1.22 bits per heavy atom. The molecule has 0 bridgehead atoms. The van der Waals surface area contributed by atoms with Gasteiger partial charge in [0.15, 0.2) is 0 Å². The van der Waals surface area contributed by atoms with E-state index >= 15 is 0 Å². The SMILES string of the molecule is CC(C)C[C@H](N)C(=O)NCCN1CCCCCC1. The molecule has 4 nitrogen and oxygen atoms in total. The summed E-state index contributed by atoms with van der Waals surface area (Å²) in [7, 11) is 0. The highest BCUT2D eigenvalue weighted by molar-refractivity contribution is 5.81. The van der Waals surface area contributed by atoms with Crippen LogP contribution in [0.4, 0.5) is 0 Å². The minimum absolute atomic E-state index is 0.00137. The predicted octanol–water partition coefficient (Wildman–Crippen LogP) is 1.35. The van der Waals surface area contributed by atoms with Crippen molar-refractivity contribution < 1.29 is 4.79 Å². The Bertz CT molecular complexity index is 235. The van der Waals surface area contributed by atoms with Crippen molar-refractivity contribution in [1.82, 2.24) is 10.2 Å². The van der Waals surface area contributed by atoms with Crippen LogP contribution in [0.1, 0.15) is 46.0 Å². The summed E-state index contributed by atoms with van der Waals surface area (Å²) in [6, 6.07) is -0.353. The molecule has 0 unspecified atom stereocenters. The molecule has 1 rings (SSSR count). The molecule has 18 heavy (non-hydrogen) atoms. The third kappa shape index (κ3) is 6.36. The number of amides is 1. The molecule has 3 N–H and O–H groups in total. The van der Waals surface area contributed by atoms with Gasteiger partial charge in [0.25, 0.3) is 0 Å². The van der Waals surface area contributed by atoms with Gasteiger partial charge in [-0.3, -0.25) is 4.79 Å². The number of hydrogen-bond donors (Lipinski definition) is 2. The third-order valence-electron chi connectivity index (χ3n) is 3.49. The Balaban J connectivity index is 2.14. The van der Waals surface area contributed by atoms with Crippen molar-refractivity contribution in [3.63, 3.8) is 0 Å². The molecule has 1 atom stereocenters. The molecule has 1 heterocycles. The van der Waals surface area contributed by atoms with Gasteiger partial charge >= 0.3 is 0 Å². The molecule has 1 amide bonds. The molecule has 4 heteroatoms. The first kappa shape index (κ1) is 15.4. The Morgan fingerprint density at radius 2 is 1.83 bits per heavy atom. The topological polar surface area (TPSA) is 58.4 Å². The largest absolute Gasteiger partial charge is 0.353 e. The molecule has 0 aromatic rings. The molecule has 0 aliphatic carbocycles. The lowest BCUT2D eigenvalue weighted by Crippen LogP contribution is -2.44. The van der Waals surface area contributed by atoms with Crippen LogP contribution in [0, 0.1) is 5.92 Å². The fourth-order valence-corrected chi connectivity index (χ4v) is 2.44. The van der Waals surface area contributed by atoms with Crippen molar-refractivity contribution in [2.24, 2.45) is 11.7 Å². The van der Waals surface area contributed by atoms with Crippen LogP contribution in [0.15, 0.2) is 0 Å². The van der Waals surface area contributed by atoms with Gasteiger partial charge in [-0.2, -0.15) is 0 Å². The first-order chi connectivity index (χ1) is 8.59. The lowest BCUT2D eigenvalue weighted by atomic mass is 10.0. The van der Waals surface area contributed by atoms with Gasteiger partial charge in [0, 0.05) is 13.1 Å².